The van der Waals surface area contributed by atoms with E-state index in [9.17, 15) is 0 Å². The molecular formula is C10H12S2. The van der Waals surface area contributed by atoms with E-state index in [1.165, 1.54) is 0 Å². The van der Waals surface area contributed by atoms with Crippen molar-refractivity contribution in [2.24, 2.45) is 0 Å². The van der Waals surface area contributed by atoms with Gasteiger partial charge in [-0.05, 0) is 19.4 Å². The lowest BCUT2D eigenvalue weighted by Crippen LogP contribution is -2.23. The zero-order chi connectivity index (χ0) is 9.19. The highest BCUT2D eigenvalue weighted by molar-refractivity contribution is 7.87. The van der Waals surface area contributed by atoms with Crippen LogP contribution in [0, 0.1) is 0 Å². The Morgan fingerprint density at radius 2 is 1.75 bits per heavy atom. The molecule has 0 saturated carbocycles. The van der Waals surface area contributed by atoms with Gasteiger partial charge in [0.2, 0.25) is 0 Å². The molecular weight excluding hydrogens is 184 g/mol. The molecule has 0 bridgehead atoms. The second-order valence-electron chi connectivity index (χ2n) is 3.25. The first-order valence-corrected chi connectivity index (χ1v) is 4.69. The molecule has 1 rings (SSSR count). The quantitative estimate of drug-likeness (QED) is 0.431. The molecule has 0 saturated heterocycles. The molecule has 0 aliphatic carbocycles. The SMILES string of the molecule is CC(C)(S)C(=S)c1ccccc1. The lowest BCUT2D eigenvalue weighted by atomic mass is 10.0. The molecule has 0 amide bonds. The summed E-state index contributed by atoms with van der Waals surface area (Å²) in [5, 5.41) is 0. The van der Waals surface area contributed by atoms with Gasteiger partial charge in [0.25, 0.3) is 0 Å². The second-order valence-corrected chi connectivity index (χ2v) is 4.78. The summed E-state index contributed by atoms with van der Waals surface area (Å²) in [4.78, 5) is 0.895. The van der Waals surface area contributed by atoms with E-state index in [2.05, 4.69) is 12.6 Å². The van der Waals surface area contributed by atoms with Gasteiger partial charge in [-0.2, -0.15) is 12.6 Å². The molecule has 1 aromatic carbocycles. The van der Waals surface area contributed by atoms with Gasteiger partial charge in [-0.3, -0.25) is 0 Å². The maximum absolute atomic E-state index is 5.28. The van der Waals surface area contributed by atoms with Crippen molar-refractivity contribution in [2.75, 3.05) is 0 Å². The van der Waals surface area contributed by atoms with Crippen molar-refractivity contribution in [3.05, 3.63) is 35.9 Å². The molecule has 0 radical (unpaired) electrons. The van der Waals surface area contributed by atoms with Crippen LogP contribution in [-0.2, 0) is 0 Å². The molecule has 0 aliphatic heterocycles. The Morgan fingerprint density at radius 1 is 1.25 bits per heavy atom. The van der Waals surface area contributed by atoms with Gasteiger partial charge in [-0.15, -0.1) is 0 Å². The van der Waals surface area contributed by atoms with Crippen molar-refractivity contribution in [1.29, 1.82) is 0 Å². The van der Waals surface area contributed by atoms with Crippen LogP contribution < -0.4 is 0 Å². The van der Waals surface area contributed by atoms with Crippen molar-refractivity contribution in [1.82, 2.24) is 0 Å². The van der Waals surface area contributed by atoms with Crippen LogP contribution in [0.5, 0.6) is 0 Å². The fourth-order valence-corrected chi connectivity index (χ4v) is 1.21. The predicted molar refractivity (Wildman–Crippen MR) is 61.2 cm³/mol. The van der Waals surface area contributed by atoms with Crippen molar-refractivity contribution in [2.45, 2.75) is 18.6 Å². The van der Waals surface area contributed by atoms with Gasteiger partial charge in [-0.25, -0.2) is 0 Å². The first kappa shape index (κ1) is 9.75. The fourth-order valence-electron chi connectivity index (χ4n) is 0.943. The summed E-state index contributed by atoms with van der Waals surface area (Å²) in [6.45, 7) is 4.01. The van der Waals surface area contributed by atoms with Crippen LogP contribution in [0.25, 0.3) is 0 Å². The molecule has 1 aromatic rings. The molecule has 64 valence electrons. The maximum Gasteiger partial charge on any atom is 0.0429 e. The molecule has 0 N–H and O–H groups in total. The molecule has 2 heteroatoms. The van der Waals surface area contributed by atoms with Crippen molar-refractivity contribution in [3.8, 4) is 0 Å². The predicted octanol–water partition coefficient (Wildman–Crippen LogP) is 3.11. The van der Waals surface area contributed by atoms with E-state index in [1.54, 1.807) is 0 Å². The Bertz CT molecular complexity index is 270. The van der Waals surface area contributed by atoms with Gasteiger partial charge < -0.3 is 0 Å². The Hall–Kier alpha value is -0.340. The first-order valence-electron chi connectivity index (χ1n) is 3.84. The summed E-state index contributed by atoms with van der Waals surface area (Å²) < 4.78 is -0.212. The fraction of sp³-hybridized carbons (Fsp3) is 0.300. The highest BCUT2D eigenvalue weighted by atomic mass is 32.1. The molecule has 12 heavy (non-hydrogen) atoms. The number of hydrogen-bond donors (Lipinski definition) is 1. The Balaban J connectivity index is 2.94. The molecule has 0 aromatic heterocycles. The third kappa shape index (κ3) is 2.32. The summed E-state index contributed by atoms with van der Waals surface area (Å²) in [5.74, 6) is 0. The van der Waals surface area contributed by atoms with E-state index >= 15 is 0 Å². The monoisotopic (exact) mass is 196 g/mol. The number of benzene rings is 1. The van der Waals surface area contributed by atoms with E-state index in [0.29, 0.717) is 0 Å². The van der Waals surface area contributed by atoms with E-state index in [1.807, 2.05) is 44.2 Å². The van der Waals surface area contributed by atoms with Crippen molar-refractivity contribution in [3.63, 3.8) is 0 Å². The highest BCUT2D eigenvalue weighted by Crippen LogP contribution is 2.20. The number of thiol groups is 1. The van der Waals surface area contributed by atoms with Crippen LogP contribution in [0.4, 0.5) is 0 Å². The maximum atomic E-state index is 5.28. The van der Waals surface area contributed by atoms with E-state index in [-0.39, 0.29) is 4.75 Å². The Kier molecular flexibility index (Phi) is 2.91. The van der Waals surface area contributed by atoms with Crippen molar-refractivity contribution < 1.29 is 0 Å². The molecule has 0 fully saturated rings. The second kappa shape index (κ2) is 3.58. The number of rotatable bonds is 2. The third-order valence-electron chi connectivity index (χ3n) is 1.59. The third-order valence-corrected chi connectivity index (χ3v) is 2.71. The van der Waals surface area contributed by atoms with Crippen LogP contribution in [0.1, 0.15) is 19.4 Å². The van der Waals surface area contributed by atoms with Crippen LogP contribution >= 0.6 is 24.8 Å². The Morgan fingerprint density at radius 3 is 2.17 bits per heavy atom. The summed E-state index contributed by atoms with van der Waals surface area (Å²) >= 11 is 9.70. The minimum Gasteiger partial charge on any atom is -0.167 e. The van der Waals surface area contributed by atoms with E-state index < -0.39 is 0 Å². The lowest BCUT2D eigenvalue weighted by Gasteiger charge is -2.18. The molecule has 0 unspecified atom stereocenters. The number of thiocarbonyl (C=S) groups is 1. The van der Waals surface area contributed by atoms with Crippen LogP contribution in [0.2, 0.25) is 0 Å². The topological polar surface area (TPSA) is 0 Å². The zero-order valence-corrected chi connectivity index (χ0v) is 8.95. The van der Waals surface area contributed by atoms with Crippen LogP contribution in [-0.4, -0.2) is 9.61 Å². The lowest BCUT2D eigenvalue weighted by molar-refractivity contribution is 0.978. The van der Waals surface area contributed by atoms with Crippen molar-refractivity contribution >= 4 is 29.7 Å². The average molecular weight is 196 g/mol. The zero-order valence-electron chi connectivity index (χ0n) is 7.24. The highest BCUT2D eigenvalue weighted by Gasteiger charge is 2.18. The minimum absolute atomic E-state index is 0.212. The molecule has 0 spiro atoms. The van der Waals surface area contributed by atoms with Gasteiger partial charge in [0.1, 0.15) is 0 Å². The summed E-state index contributed by atoms with van der Waals surface area (Å²) in [6.07, 6.45) is 0. The van der Waals surface area contributed by atoms with Crippen LogP contribution in [0.3, 0.4) is 0 Å². The largest absolute Gasteiger partial charge is 0.167 e. The summed E-state index contributed by atoms with van der Waals surface area (Å²) in [7, 11) is 0. The smallest absolute Gasteiger partial charge is 0.0429 e. The average Bonchev–Trinajstić information content (AvgIpc) is 2.03. The van der Waals surface area contributed by atoms with Crippen LogP contribution in [0.15, 0.2) is 30.3 Å². The molecule has 0 aliphatic rings. The first-order chi connectivity index (χ1) is 5.52. The van der Waals surface area contributed by atoms with Gasteiger partial charge in [0.15, 0.2) is 0 Å². The van der Waals surface area contributed by atoms with E-state index in [4.69, 9.17) is 12.2 Å². The standard InChI is InChI=1S/C10H12S2/c1-10(2,12)9(11)8-6-4-3-5-7-8/h3-7,12H,1-2H3. The minimum atomic E-state index is -0.212. The van der Waals surface area contributed by atoms with Gasteiger partial charge in [-0.1, -0.05) is 42.5 Å². The van der Waals surface area contributed by atoms with Gasteiger partial charge in [0, 0.05) is 9.61 Å². The van der Waals surface area contributed by atoms with Gasteiger partial charge >= 0.3 is 0 Å². The molecule has 0 atom stereocenters. The van der Waals surface area contributed by atoms with Gasteiger partial charge in [0.05, 0.1) is 0 Å². The molecule has 0 heterocycles. The normalized spacial score (nSPS) is 11.2. The summed E-state index contributed by atoms with van der Waals surface area (Å²) in [6, 6.07) is 9.99. The Labute approximate surface area is 84.4 Å². The summed E-state index contributed by atoms with van der Waals surface area (Å²) in [5.41, 5.74) is 1.09. The molecule has 0 nitrogen and oxygen atoms in total. The van der Waals surface area contributed by atoms with E-state index in [0.717, 1.165) is 10.4 Å². The number of hydrogen-bond acceptors (Lipinski definition) is 2.